The number of aliphatic hydroxyl groups is 3. The quantitative estimate of drug-likeness (QED) is 0.301. The van der Waals surface area contributed by atoms with E-state index in [9.17, 15) is 34.8 Å². The number of carbonyl (C=O) groups excluding carboxylic acids is 3. The molecular weight excluding hydrogens is 521 g/mol. The van der Waals surface area contributed by atoms with E-state index >= 15 is 4.39 Å². The van der Waals surface area contributed by atoms with Gasteiger partial charge >= 0.3 is 0 Å². The number of fused-ring (bicyclic) bond motifs is 4. The highest BCUT2D eigenvalue weighted by molar-refractivity contribution is 6.24. The zero-order valence-electron chi connectivity index (χ0n) is 22.0. The predicted octanol–water partition coefficient (Wildman–Crippen LogP) is 1.51. The van der Waals surface area contributed by atoms with E-state index in [1.807, 2.05) is 0 Å². The number of nitrogens with two attached hydrogens (primary N) is 1. The van der Waals surface area contributed by atoms with Gasteiger partial charge in [0.2, 0.25) is 5.78 Å². The summed E-state index contributed by atoms with van der Waals surface area (Å²) in [6.07, 6.45) is 1.96. The second kappa shape index (κ2) is 8.85. The smallest absolute Gasteiger partial charge is 0.255 e. The molecule has 1 amide bonds. The fourth-order valence-corrected chi connectivity index (χ4v) is 6.77. The first-order valence-electron chi connectivity index (χ1n) is 13.2. The SMILES string of the molecule is CN(C)[C@@H]1C(=O)C(C(N)=O)=C(O)[C@@]2(O)C(=O)C3=C(O)c4c(c(F)c5ccc(CNC6CC6)cc5c4O)C[C@H]3C[C@@H]12. The molecule has 10 nitrogen and oxygen atoms in total. The van der Waals surface area contributed by atoms with Gasteiger partial charge in [-0.2, -0.15) is 0 Å². The van der Waals surface area contributed by atoms with Gasteiger partial charge in [0.05, 0.1) is 11.6 Å². The van der Waals surface area contributed by atoms with Crippen LogP contribution in [0.4, 0.5) is 4.39 Å². The first-order chi connectivity index (χ1) is 18.9. The number of aliphatic hydroxyl groups excluding tert-OH is 2. The highest BCUT2D eigenvalue weighted by Gasteiger charge is 2.64. The monoisotopic (exact) mass is 551 g/mol. The Morgan fingerprint density at radius 3 is 2.50 bits per heavy atom. The number of aromatic hydroxyl groups is 1. The fourth-order valence-electron chi connectivity index (χ4n) is 6.77. The molecule has 2 fully saturated rings. The Morgan fingerprint density at radius 1 is 1.18 bits per heavy atom. The minimum absolute atomic E-state index is 0.0134. The van der Waals surface area contributed by atoms with Gasteiger partial charge in [0.25, 0.3) is 5.91 Å². The summed E-state index contributed by atoms with van der Waals surface area (Å²) in [4.78, 5) is 40.6. The average molecular weight is 552 g/mol. The third-order valence-electron chi connectivity index (χ3n) is 8.86. The number of likely N-dealkylation sites (N-methyl/N-ethyl adjacent to an activating group) is 1. The molecule has 0 spiro atoms. The van der Waals surface area contributed by atoms with E-state index < -0.39 is 69.6 Å². The summed E-state index contributed by atoms with van der Waals surface area (Å²) in [6, 6.07) is 4.20. The van der Waals surface area contributed by atoms with Crippen LogP contribution >= 0.6 is 0 Å². The van der Waals surface area contributed by atoms with Crippen molar-refractivity contribution in [3.63, 3.8) is 0 Å². The number of hydrogen-bond acceptors (Lipinski definition) is 9. The van der Waals surface area contributed by atoms with E-state index in [1.54, 1.807) is 18.2 Å². The zero-order valence-corrected chi connectivity index (χ0v) is 22.0. The van der Waals surface area contributed by atoms with Crippen LogP contribution in [-0.2, 0) is 27.3 Å². The van der Waals surface area contributed by atoms with Crippen molar-refractivity contribution in [1.29, 1.82) is 0 Å². The summed E-state index contributed by atoms with van der Waals surface area (Å²) >= 11 is 0. The average Bonchev–Trinajstić information content (AvgIpc) is 3.72. The molecule has 0 aliphatic heterocycles. The number of Topliss-reactive ketones (excluding diaryl/α,β-unsaturated/α-hetero) is 2. The van der Waals surface area contributed by atoms with Crippen LogP contribution in [0.25, 0.3) is 16.5 Å². The van der Waals surface area contributed by atoms with Crippen molar-refractivity contribution in [2.75, 3.05) is 14.1 Å². The molecule has 7 N–H and O–H groups in total. The number of primary amides is 1. The molecule has 0 radical (unpaired) electrons. The minimum atomic E-state index is -2.74. The van der Waals surface area contributed by atoms with E-state index in [0.717, 1.165) is 18.4 Å². The van der Waals surface area contributed by atoms with E-state index in [-0.39, 0.29) is 40.3 Å². The van der Waals surface area contributed by atoms with Crippen LogP contribution in [0.3, 0.4) is 0 Å². The molecule has 4 aliphatic rings. The molecule has 4 atom stereocenters. The molecule has 0 bridgehead atoms. The Kier molecular flexibility index (Phi) is 5.85. The summed E-state index contributed by atoms with van der Waals surface area (Å²) in [5.74, 6) is -8.26. The zero-order chi connectivity index (χ0) is 28.8. The van der Waals surface area contributed by atoms with Crippen LogP contribution in [-0.4, -0.2) is 74.6 Å². The molecule has 0 unspecified atom stereocenters. The van der Waals surface area contributed by atoms with Crippen LogP contribution in [0.15, 0.2) is 35.1 Å². The second-order valence-electron chi connectivity index (χ2n) is 11.5. The Bertz CT molecular complexity index is 1590. The summed E-state index contributed by atoms with van der Waals surface area (Å²) in [7, 11) is 3.04. The Hall–Kier alpha value is -3.80. The van der Waals surface area contributed by atoms with Crippen LogP contribution in [0.1, 0.15) is 36.0 Å². The number of amides is 1. The molecule has 0 saturated heterocycles. The number of rotatable bonds is 5. The molecule has 0 aromatic heterocycles. The molecule has 40 heavy (non-hydrogen) atoms. The third-order valence-corrected chi connectivity index (χ3v) is 8.86. The van der Waals surface area contributed by atoms with Gasteiger partial charge in [-0.3, -0.25) is 19.3 Å². The van der Waals surface area contributed by atoms with E-state index in [1.165, 1.54) is 19.0 Å². The maximum absolute atomic E-state index is 15.9. The van der Waals surface area contributed by atoms with Crippen molar-refractivity contribution in [3.05, 3.63) is 57.6 Å². The summed E-state index contributed by atoms with van der Waals surface area (Å²) in [5.41, 5.74) is 1.97. The van der Waals surface area contributed by atoms with Crippen molar-refractivity contribution < 1.29 is 39.2 Å². The lowest BCUT2D eigenvalue weighted by molar-refractivity contribution is -0.153. The van der Waals surface area contributed by atoms with E-state index in [2.05, 4.69) is 5.32 Å². The van der Waals surface area contributed by atoms with Gasteiger partial charge in [0.1, 0.15) is 28.7 Å². The molecular formula is C29H30FN3O7. The van der Waals surface area contributed by atoms with Crippen molar-refractivity contribution in [3.8, 4) is 5.75 Å². The number of phenolic OH excluding ortho intramolecular Hbond substituents is 1. The molecule has 2 saturated carbocycles. The first kappa shape index (κ1) is 26.4. The largest absolute Gasteiger partial charge is 0.508 e. The molecule has 2 aromatic carbocycles. The molecule has 4 aliphatic carbocycles. The van der Waals surface area contributed by atoms with Gasteiger partial charge in [0, 0.05) is 40.4 Å². The fraction of sp³-hybridized carbons (Fsp3) is 0.414. The standard InChI is InChI=1S/C29H30FN3O7/c1-33(2)22-17-9-12-8-16-19(23(34)15-7-11(10-32-13-4-5-13)3-6-14(15)21(16)30)24(35)18(12)26(37)29(17,40)27(38)20(25(22)36)28(31)39/h3,6-7,12-13,17,22,32,34-35,38,40H,4-5,8-10H2,1-2H3,(H2,31,39)/t12-,17-,22-,29-/m0/s1. The van der Waals surface area contributed by atoms with Crippen LogP contribution < -0.4 is 11.1 Å². The maximum atomic E-state index is 15.9. The topological polar surface area (TPSA) is 173 Å². The lowest BCUT2D eigenvalue weighted by Gasteiger charge is -2.50. The molecule has 6 rings (SSSR count). The van der Waals surface area contributed by atoms with Gasteiger partial charge in [-0.25, -0.2) is 4.39 Å². The van der Waals surface area contributed by atoms with Gasteiger partial charge in [-0.1, -0.05) is 12.1 Å². The molecule has 210 valence electrons. The van der Waals surface area contributed by atoms with Crippen molar-refractivity contribution in [2.45, 2.75) is 49.9 Å². The molecule has 2 aromatic rings. The normalized spacial score (nSPS) is 28.2. The molecule has 0 heterocycles. The van der Waals surface area contributed by atoms with Crippen molar-refractivity contribution >= 4 is 34.0 Å². The number of nitrogens with one attached hydrogen (secondary N) is 1. The summed E-state index contributed by atoms with van der Waals surface area (Å²) in [6.45, 7) is 0.514. The Morgan fingerprint density at radius 2 is 1.88 bits per heavy atom. The van der Waals surface area contributed by atoms with E-state index in [4.69, 9.17) is 5.73 Å². The van der Waals surface area contributed by atoms with Crippen molar-refractivity contribution in [2.24, 2.45) is 17.6 Å². The van der Waals surface area contributed by atoms with Crippen molar-refractivity contribution in [1.82, 2.24) is 10.2 Å². The van der Waals surface area contributed by atoms with Crippen LogP contribution in [0.2, 0.25) is 0 Å². The van der Waals surface area contributed by atoms with Gasteiger partial charge in [-0.15, -0.1) is 0 Å². The summed E-state index contributed by atoms with van der Waals surface area (Å²) < 4.78 is 15.9. The summed E-state index contributed by atoms with van der Waals surface area (Å²) in [5, 5.41) is 48.9. The van der Waals surface area contributed by atoms with Crippen LogP contribution in [0.5, 0.6) is 5.75 Å². The Labute approximate surface area is 228 Å². The lowest BCUT2D eigenvalue weighted by Crippen LogP contribution is -2.65. The molecule has 11 heteroatoms. The van der Waals surface area contributed by atoms with E-state index in [0.29, 0.717) is 12.6 Å². The number of halogens is 1. The van der Waals surface area contributed by atoms with Gasteiger partial charge in [0.15, 0.2) is 11.4 Å². The second-order valence-corrected chi connectivity index (χ2v) is 11.5. The Balaban J connectivity index is 1.52. The first-order valence-corrected chi connectivity index (χ1v) is 13.2. The number of carbonyl (C=O) groups is 3. The van der Waals surface area contributed by atoms with Gasteiger partial charge < -0.3 is 31.5 Å². The number of phenols is 1. The number of ketones is 2. The number of hydrogen-bond donors (Lipinski definition) is 6. The predicted molar refractivity (Wildman–Crippen MR) is 142 cm³/mol. The third kappa shape index (κ3) is 3.54. The number of benzene rings is 2. The maximum Gasteiger partial charge on any atom is 0.255 e. The highest BCUT2D eigenvalue weighted by atomic mass is 19.1. The number of nitrogens with zero attached hydrogens (tertiary/aromatic N) is 1. The highest BCUT2D eigenvalue weighted by Crippen LogP contribution is 2.53. The minimum Gasteiger partial charge on any atom is -0.508 e. The van der Waals surface area contributed by atoms with Gasteiger partial charge in [-0.05, 0) is 57.3 Å². The van der Waals surface area contributed by atoms with Crippen LogP contribution in [0, 0.1) is 17.7 Å². The lowest BCUT2D eigenvalue weighted by atomic mass is 9.57.